The van der Waals surface area contributed by atoms with Crippen LogP contribution in [0.25, 0.3) is 0 Å². The lowest BCUT2D eigenvalue weighted by Gasteiger charge is -2.42. The molecule has 2 N–H and O–H groups in total. The van der Waals surface area contributed by atoms with Crippen LogP contribution in [0.5, 0.6) is 0 Å². The highest BCUT2D eigenvalue weighted by molar-refractivity contribution is 7.80. The number of halogens is 3. The van der Waals surface area contributed by atoms with Gasteiger partial charge in [0.15, 0.2) is 17.5 Å². The van der Waals surface area contributed by atoms with Gasteiger partial charge in [0.2, 0.25) is 0 Å². The smallest absolute Gasteiger partial charge is 0.259 e. The van der Waals surface area contributed by atoms with Crippen molar-refractivity contribution < 1.29 is 26.7 Å². The summed E-state index contributed by atoms with van der Waals surface area (Å²) in [5.41, 5.74) is 0.919. The van der Waals surface area contributed by atoms with Crippen molar-refractivity contribution in [3.63, 3.8) is 0 Å². The van der Waals surface area contributed by atoms with Crippen molar-refractivity contribution in [3.8, 4) is 0 Å². The van der Waals surface area contributed by atoms with E-state index in [-0.39, 0.29) is 17.5 Å². The number of hydrogen-bond donors (Lipinski definition) is 2. The molecule has 0 saturated carbocycles. The van der Waals surface area contributed by atoms with Crippen LogP contribution in [0, 0.1) is 17.5 Å². The number of piperazine rings is 1. The van der Waals surface area contributed by atoms with Gasteiger partial charge < -0.3 is 4.90 Å². The van der Waals surface area contributed by atoms with Crippen molar-refractivity contribution in [1.82, 2.24) is 9.80 Å². The third-order valence-electron chi connectivity index (χ3n) is 5.32. The maximum absolute atomic E-state index is 14.2. The number of amides is 1. The van der Waals surface area contributed by atoms with Crippen LogP contribution in [0.15, 0.2) is 36.4 Å². The summed E-state index contributed by atoms with van der Waals surface area (Å²) in [4.78, 5) is 16.5. The lowest BCUT2D eigenvalue weighted by Crippen LogP contribution is -2.54. The molecule has 162 valence electrons. The number of anilines is 1. The molecule has 1 amide bonds. The first-order valence-corrected chi connectivity index (χ1v) is 10.5. The van der Waals surface area contributed by atoms with Gasteiger partial charge in [-0.2, -0.15) is 0 Å². The molecule has 0 aromatic heterocycles. The van der Waals surface area contributed by atoms with Crippen LogP contribution in [0.4, 0.5) is 18.9 Å². The number of carbonyl (C=O) groups excluding carboxylic acids is 1. The molecule has 0 aliphatic carbocycles. The summed E-state index contributed by atoms with van der Waals surface area (Å²) in [6, 6.07) is 7.70. The Labute approximate surface area is 175 Å². The van der Waals surface area contributed by atoms with Crippen molar-refractivity contribution in [2.45, 2.75) is 25.9 Å². The molecule has 1 fully saturated rings. The van der Waals surface area contributed by atoms with Gasteiger partial charge in [-0.05, 0) is 44.2 Å². The second-order valence-corrected chi connectivity index (χ2v) is 7.91. The minimum absolute atomic E-state index is 0.0743. The fraction of sp³-hybridized carbons (Fsp3) is 0.350. The Bertz CT molecular complexity index is 958. The van der Waals surface area contributed by atoms with Crippen LogP contribution in [-0.4, -0.2) is 50.1 Å². The molecule has 3 atom stereocenters. The molecular weight excluding hydrogens is 419 g/mol. The predicted molar refractivity (Wildman–Crippen MR) is 108 cm³/mol. The molecule has 1 heterocycles. The zero-order chi connectivity index (χ0) is 22.0. The van der Waals surface area contributed by atoms with Gasteiger partial charge in [-0.1, -0.05) is 6.07 Å². The van der Waals surface area contributed by atoms with E-state index in [9.17, 15) is 22.2 Å². The van der Waals surface area contributed by atoms with Gasteiger partial charge in [-0.15, -0.1) is 0 Å². The number of rotatable bonds is 5. The second-order valence-electron chi connectivity index (χ2n) is 7.21. The first-order chi connectivity index (χ1) is 14.2. The van der Waals surface area contributed by atoms with Gasteiger partial charge in [0.25, 0.3) is 17.2 Å². The largest absolute Gasteiger partial charge is 0.333 e. The Morgan fingerprint density at radius 3 is 2.40 bits per heavy atom. The minimum Gasteiger partial charge on any atom is -0.333 e. The zero-order valence-corrected chi connectivity index (χ0v) is 17.3. The Kier molecular flexibility index (Phi) is 6.79. The fourth-order valence-electron chi connectivity index (χ4n) is 3.65. The Balaban J connectivity index is 1.68. The van der Waals surface area contributed by atoms with E-state index in [1.807, 2.05) is 11.8 Å². The number of hydrogen-bond acceptors (Lipinski definition) is 3. The molecule has 10 heteroatoms. The SMILES string of the molecule is CC(c1ccc(F)c(F)c1F)N1CCN(C(=O)c2ccc(NS(=O)O)cc2)C(C)C1. The molecule has 3 unspecified atom stereocenters. The van der Waals surface area contributed by atoms with Crippen LogP contribution >= 0.6 is 0 Å². The average molecular weight is 441 g/mol. The molecular formula is C20H22F3N3O3S. The molecule has 1 saturated heterocycles. The third-order valence-corrected chi connectivity index (χ3v) is 5.73. The molecule has 6 nitrogen and oxygen atoms in total. The average Bonchev–Trinajstić information content (AvgIpc) is 2.71. The van der Waals surface area contributed by atoms with Crippen LogP contribution in [0.2, 0.25) is 0 Å². The van der Waals surface area contributed by atoms with Gasteiger partial charge in [0.1, 0.15) is 0 Å². The van der Waals surface area contributed by atoms with Gasteiger partial charge in [0.05, 0.1) is 0 Å². The van der Waals surface area contributed by atoms with Crippen molar-refractivity contribution in [2.75, 3.05) is 24.4 Å². The molecule has 0 bridgehead atoms. The van der Waals surface area contributed by atoms with Crippen molar-refractivity contribution >= 4 is 22.9 Å². The third kappa shape index (κ3) is 4.66. The Morgan fingerprint density at radius 2 is 1.80 bits per heavy atom. The first-order valence-electron chi connectivity index (χ1n) is 9.35. The quantitative estimate of drug-likeness (QED) is 0.550. The van der Waals surface area contributed by atoms with E-state index in [2.05, 4.69) is 4.72 Å². The minimum atomic E-state index is -2.19. The summed E-state index contributed by atoms with van der Waals surface area (Å²) >= 11 is -2.19. The number of nitrogens with zero attached hydrogens (tertiary/aromatic N) is 2. The van der Waals surface area contributed by atoms with Crippen molar-refractivity contribution in [2.24, 2.45) is 0 Å². The zero-order valence-electron chi connectivity index (χ0n) is 16.4. The molecule has 3 rings (SSSR count). The monoisotopic (exact) mass is 441 g/mol. The highest BCUT2D eigenvalue weighted by Crippen LogP contribution is 2.28. The van der Waals surface area contributed by atoms with Crippen LogP contribution in [-0.2, 0) is 11.3 Å². The van der Waals surface area contributed by atoms with E-state index in [0.29, 0.717) is 30.9 Å². The van der Waals surface area contributed by atoms with E-state index >= 15 is 0 Å². The van der Waals surface area contributed by atoms with E-state index in [1.54, 1.807) is 24.0 Å². The van der Waals surface area contributed by atoms with Crippen LogP contribution < -0.4 is 4.72 Å². The number of benzene rings is 2. The highest BCUT2D eigenvalue weighted by atomic mass is 32.2. The molecule has 1 aliphatic rings. The van der Waals surface area contributed by atoms with E-state index in [0.717, 1.165) is 6.07 Å². The number of carbonyl (C=O) groups is 1. The number of nitrogens with one attached hydrogen (secondary N) is 1. The van der Waals surface area contributed by atoms with Gasteiger partial charge in [-0.3, -0.25) is 19.0 Å². The summed E-state index contributed by atoms with van der Waals surface area (Å²) in [6.45, 7) is 4.85. The van der Waals surface area contributed by atoms with E-state index < -0.39 is 34.8 Å². The summed E-state index contributed by atoms with van der Waals surface area (Å²) in [6.07, 6.45) is 0. The standard InChI is InChI=1S/C20H22F3N3O3S/c1-12-11-25(13(2)16-7-8-17(21)19(23)18(16)22)9-10-26(12)20(27)14-3-5-15(6-4-14)24-30(28)29/h3-8,12-13,24H,9-11H2,1-2H3,(H,28,29). The molecule has 0 radical (unpaired) electrons. The summed E-state index contributed by atoms with van der Waals surface area (Å²) in [5, 5.41) is 0. The van der Waals surface area contributed by atoms with Gasteiger partial charge >= 0.3 is 0 Å². The molecule has 2 aromatic rings. The Hall–Kier alpha value is -2.43. The first kappa shape index (κ1) is 22.3. The molecule has 0 spiro atoms. The lowest BCUT2D eigenvalue weighted by molar-refractivity contribution is 0.0401. The van der Waals surface area contributed by atoms with Crippen LogP contribution in [0.1, 0.15) is 35.8 Å². The summed E-state index contributed by atoms with van der Waals surface area (Å²) in [5.74, 6) is -4.08. The highest BCUT2D eigenvalue weighted by Gasteiger charge is 2.32. The molecule has 30 heavy (non-hydrogen) atoms. The van der Waals surface area contributed by atoms with Crippen LogP contribution in [0.3, 0.4) is 0 Å². The predicted octanol–water partition coefficient (Wildman–Crippen LogP) is 3.56. The molecule has 1 aliphatic heterocycles. The normalized spacial score (nSPS) is 19.4. The summed E-state index contributed by atoms with van der Waals surface area (Å²) < 4.78 is 62.9. The summed E-state index contributed by atoms with van der Waals surface area (Å²) in [7, 11) is 0. The van der Waals surface area contributed by atoms with Gasteiger partial charge in [-0.25, -0.2) is 17.4 Å². The maximum atomic E-state index is 14.2. The maximum Gasteiger partial charge on any atom is 0.259 e. The van der Waals surface area contributed by atoms with E-state index in [4.69, 9.17) is 4.55 Å². The lowest BCUT2D eigenvalue weighted by atomic mass is 10.0. The Morgan fingerprint density at radius 1 is 1.13 bits per heavy atom. The van der Waals surface area contributed by atoms with E-state index in [1.165, 1.54) is 18.2 Å². The van der Waals surface area contributed by atoms with Crippen molar-refractivity contribution in [3.05, 3.63) is 65.0 Å². The molecule has 2 aromatic carbocycles. The fourth-order valence-corrected chi connectivity index (χ4v) is 3.98. The van der Waals surface area contributed by atoms with Gasteiger partial charge in [0, 0.05) is 48.5 Å². The second kappa shape index (κ2) is 9.15. The topological polar surface area (TPSA) is 72.9 Å². The van der Waals surface area contributed by atoms with Crippen molar-refractivity contribution in [1.29, 1.82) is 0 Å².